The highest BCUT2D eigenvalue weighted by Crippen LogP contribution is 2.46. The van der Waals surface area contributed by atoms with Crippen molar-refractivity contribution in [2.24, 2.45) is 0 Å². The molecule has 2 aromatic heterocycles. The maximum Gasteiger partial charge on any atom is 0.145 e. The molecular weight excluding hydrogens is 394 g/mol. The number of hydrogen-bond acceptors (Lipinski definition) is 4. The summed E-state index contributed by atoms with van der Waals surface area (Å²) in [5.74, 6) is 0. The lowest BCUT2D eigenvalue weighted by Crippen LogP contribution is -2.40. The second-order valence-electron chi connectivity index (χ2n) is 7.90. The Balaban J connectivity index is 1.47. The van der Waals surface area contributed by atoms with Crippen molar-refractivity contribution in [3.8, 4) is 5.69 Å². The van der Waals surface area contributed by atoms with E-state index in [4.69, 9.17) is 4.98 Å². The number of anilines is 3. The van der Waals surface area contributed by atoms with Gasteiger partial charge in [-0.2, -0.15) is 5.12 Å². The van der Waals surface area contributed by atoms with Crippen LogP contribution in [0.1, 0.15) is 0 Å². The molecule has 0 N–H and O–H groups in total. The van der Waals surface area contributed by atoms with E-state index in [0.717, 1.165) is 39.3 Å². The van der Waals surface area contributed by atoms with Gasteiger partial charge in [0.05, 0.1) is 22.6 Å². The lowest BCUT2D eigenvalue weighted by atomic mass is 10.2. The maximum absolute atomic E-state index is 4.74. The molecule has 3 aromatic carbocycles. The summed E-state index contributed by atoms with van der Waals surface area (Å²) in [5, 5.41) is 8.91. The maximum atomic E-state index is 4.74. The van der Waals surface area contributed by atoms with Gasteiger partial charge >= 0.3 is 0 Å². The molecule has 5 heteroatoms. The number of fused-ring (bicyclic) bond motifs is 6. The summed E-state index contributed by atoms with van der Waals surface area (Å²) in [6, 6.07) is 29.7. The van der Waals surface area contributed by atoms with Gasteiger partial charge in [-0.15, -0.1) is 0 Å². The van der Waals surface area contributed by atoms with Crippen molar-refractivity contribution < 1.29 is 0 Å². The minimum atomic E-state index is 0.970. The molecule has 0 aliphatic carbocycles. The standard InChI is InChI=1S/C27H19N5/c1-2-9-20(10-3-1)32-25-15-14-21(19-26(25)29-17-6-7-18-30(29)32)31-24-13-5-4-11-22(24)23-12-8-16-28-27(23)31/h1-19H. The third kappa shape index (κ3) is 2.30. The van der Waals surface area contributed by atoms with Gasteiger partial charge in [-0.25, -0.2) is 15.0 Å². The molecule has 7 rings (SSSR count). The van der Waals surface area contributed by atoms with Crippen molar-refractivity contribution >= 4 is 39.0 Å². The first-order valence-electron chi connectivity index (χ1n) is 10.7. The van der Waals surface area contributed by atoms with Crippen molar-refractivity contribution in [3.63, 3.8) is 0 Å². The molecule has 0 saturated carbocycles. The number of benzene rings is 3. The van der Waals surface area contributed by atoms with Crippen molar-refractivity contribution in [3.05, 3.63) is 116 Å². The molecule has 0 radical (unpaired) electrons. The lowest BCUT2D eigenvalue weighted by Gasteiger charge is -2.34. The Morgan fingerprint density at radius 2 is 1.44 bits per heavy atom. The van der Waals surface area contributed by atoms with Crippen LogP contribution in [0.25, 0.3) is 27.6 Å². The minimum absolute atomic E-state index is 0.970. The largest absolute Gasteiger partial charge is 0.294 e. The quantitative estimate of drug-likeness (QED) is 0.339. The van der Waals surface area contributed by atoms with E-state index in [0.29, 0.717) is 0 Å². The molecule has 0 atom stereocenters. The first-order valence-corrected chi connectivity index (χ1v) is 10.7. The number of hydrogen-bond donors (Lipinski definition) is 0. The van der Waals surface area contributed by atoms with Gasteiger partial charge in [0, 0.05) is 35.1 Å². The van der Waals surface area contributed by atoms with E-state index in [2.05, 4.69) is 117 Å². The fraction of sp³-hybridized carbons (Fsp3) is 0. The van der Waals surface area contributed by atoms with E-state index in [9.17, 15) is 0 Å². The zero-order valence-electron chi connectivity index (χ0n) is 17.2. The van der Waals surface area contributed by atoms with Crippen molar-refractivity contribution in [2.45, 2.75) is 0 Å². The lowest BCUT2D eigenvalue weighted by molar-refractivity contribution is 0.408. The number of rotatable bonds is 2. The van der Waals surface area contributed by atoms with Crippen LogP contribution >= 0.6 is 0 Å². The topological polar surface area (TPSA) is 27.5 Å². The van der Waals surface area contributed by atoms with Crippen molar-refractivity contribution in [1.29, 1.82) is 0 Å². The molecular formula is C27H19N5. The van der Waals surface area contributed by atoms with Crippen LogP contribution in [-0.2, 0) is 0 Å². The summed E-state index contributed by atoms with van der Waals surface area (Å²) in [4.78, 5) is 4.74. The zero-order chi connectivity index (χ0) is 21.1. The van der Waals surface area contributed by atoms with Crippen LogP contribution in [0.5, 0.6) is 0 Å². The molecule has 5 nitrogen and oxygen atoms in total. The molecule has 0 saturated heterocycles. The van der Waals surface area contributed by atoms with Gasteiger partial charge in [0.25, 0.3) is 0 Å². The second kappa shape index (κ2) is 6.49. The number of allylic oxidation sites excluding steroid dienone is 2. The molecule has 4 heterocycles. The van der Waals surface area contributed by atoms with Crippen LogP contribution in [0.4, 0.5) is 17.1 Å². The minimum Gasteiger partial charge on any atom is -0.294 e. The van der Waals surface area contributed by atoms with Crippen LogP contribution in [-0.4, -0.2) is 14.7 Å². The van der Waals surface area contributed by atoms with Gasteiger partial charge in [-0.05, 0) is 60.7 Å². The van der Waals surface area contributed by atoms with Gasteiger partial charge in [0.2, 0.25) is 0 Å². The van der Waals surface area contributed by atoms with Crippen molar-refractivity contribution in [1.82, 2.24) is 14.7 Å². The fourth-order valence-electron chi connectivity index (χ4n) is 4.76. The molecule has 0 fully saturated rings. The van der Waals surface area contributed by atoms with Gasteiger partial charge in [-0.1, -0.05) is 36.4 Å². The molecule has 0 bridgehead atoms. The van der Waals surface area contributed by atoms with Crippen LogP contribution in [0.15, 0.2) is 116 Å². The van der Waals surface area contributed by atoms with E-state index >= 15 is 0 Å². The summed E-state index contributed by atoms with van der Waals surface area (Å²) in [6.07, 6.45) is 10.1. The summed E-state index contributed by atoms with van der Waals surface area (Å²) >= 11 is 0. The van der Waals surface area contributed by atoms with Crippen LogP contribution in [0.3, 0.4) is 0 Å². The van der Waals surface area contributed by atoms with Crippen molar-refractivity contribution in [2.75, 3.05) is 10.0 Å². The SMILES string of the molecule is C1=CN2c3cc(-n4c5ccccc5c5cccnc54)ccc3N(c3ccccc3)N2C=C1. The third-order valence-electron chi connectivity index (χ3n) is 6.11. The molecule has 2 aliphatic rings. The van der Waals surface area contributed by atoms with E-state index in [-0.39, 0.29) is 0 Å². The Morgan fingerprint density at radius 3 is 2.38 bits per heavy atom. The highest BCUT2D eigenvalue weighted by molar-refractivity contribution is 6.07. The van der Waals surface area contributed by atoms with Crippen LogP contribution in [0, 0.1) is 0 Å². The Kier molecular flexibility index (Phi) is 3.49. The van der Waals surface area contributed by atoms with E-state index < -0.39 is 0 Å². The first kappa shape index (κ1) is 17.2. The molecule has 0 spiro atoms. The summed E-state index contributed by atoms with van der Waals surface area (Å²) < 4.78 is 2.25. The number of aromatic nitrogens is 2. The summed E-state index contributed by atoms with van der Waals surface area (Å²) in [5.41, 5.74) is 6.58. The monoisotopic (exact) mass is 413 g/mol. The van der Waals surface area contributed by atoms with E-state index in [1.54, 1.807) is 0 Å². The molecule has 0 unspecified atom stereocenters. The number of nitrogens with zero attached hydrogens (tertiary/aromatic N) is 5. The van der Waals surface area contributed by atoms with Gasteiger partial charge in [0.1, 0.15) is 5.65 Å². The predicted molar refractivity (Wildman–Crippen MR) is 130 cm³/mol. The average Bonchev–Trinajstić information content (AvgIpc) is 3.37. The Hall–Kier alpha value is -4.51. The molecule has 2 aliphatic heterocycles. The Morgan fingerprint density at radius 1 is 0.625 bits per heavy atom. The van der Waals surface area contributed by atoms with E-state index in [1.807, 2.05) is 18.3 Å². The smallest absolute Gasteiger partial charge is 0.145 e. The molecule has 32 heavy (non-hydrogen) atoms. The van der Waals surface area contributed by atoms with E-state index in [1.165, 1.54) is 5.39 Å². The van der Waals surface area contributed by atoms with Crippen LogP contribution < -0.4 is 10.0 Å². The fourth-order valence-corrected chi connectivity index (χ4v) is 4.76. The normalized spacial score (nSPS) is 14.4. The molecule has 0 amide bonds. The average molecular weight is 413 g/mol. The first-order chi connectivity index (χ1) is 15.9. The Labute approximate surface area is 185 Å². The van der Waals surface area contributed by atoms with Gasteiger partial charge < -0.3 is 0 Å². The number of para-hydroxylation sites is 2. The highest BCUT2D eigenvalue weighted by atomic mass is 15.9. The van der Waals surface area contributed by atoms with Crippen LogP contribution in [0.2, 0.25) is 0 Å². The number of hydrazine groups is 2. The zero-order valence-corrected chi connectivity index (χ0v) is 17.2. The third-order valence-corrected chi connectivity index (χ3v) is 6.11. The Bertz CT molecular complexity index is 1490. The summed E-state index contributed by atoms with van der Waals surface area (Å²) in [6.45, 7) is 0. The highest BCUT2D eigenvalue weighted by Gasteiger charge is 2.33. The predicted octanol–water partition coefficient (Wildman–Crippen LogP) is 6.31. The van der Waals surface area contributed by atoms with Gasteiger partial charge in [0.15, 0.2) is 0 Å². The molecule has 5 aromatic rings. The van der Waals surface area contributed by atoms with Gasteiger partial charge in [-0.3, -0.25) is 4.57 Å². The summed E-state index contributed by atoms with van der Waals surface area (Å²) in [7, 11) is 0. The second-order valence-corrected chi connectivity index (χ2v) is 7.90. The molecule has 152 valence electrons. The number of pyridine rings is 1.